The Hall–Kier alpha value is -3.14. The molecule has 156 valence electrons. The van der Waals surface area contributed by atoms with Gasteiger partial charge in [-0.05, 0) is 84.4 Å². The number of rotatable bonds is 4. The molecule has 6 rings (SSSR count). The zero-order chi connectivity index (χ0) is 20.8. The largest absolute Gasteiger partial charge is 0.378 e. The van der Waals surface area contributed by atoms with Crippen LogP contribution in [-0.2, 0) is 6.54 Å². The topological polar surface area (TPSA) is 54.0 Å². The summed E-state index contributed by atoms with van der Waals surface area (Å²) in [6.07, 6.45) is 5.75. The maximum atomic E-state index is 12.9. The van der Waals surface area contributed by atoms with E-state index in [9.17, 15) is 4.79 Å². The first kappa shape index (κ1) is 18.6. The molecule has 0 radical (unpaired) electrons. The van der Waals surface area contributed by atoms with E-state index in [1.807, 2.05) is 24.3 Å². The normalized spacial score (nSPS) is 27.8. The maximum absolute atomic E-state index is 12.9. The molecule has 0 saturated heterocycles. The number of nitrogens with one attached hydrogen (secondary N) is 2. The van der Waals surface area contributed by atoms with Gasteiger partial charge in [-0.3, -0.25) is 9.78 Å². The lowest BCUT2D eigenvalue weighted by Gasteiger charge is -2.43. The van der Waals surface area contributed by atoms with Crippen molar-refractivity contribution in [2.75, 3.05) is 5.32 Å². The van der Waals surface area contributed by atoms with Gasteiger partial charge in [0.25, 0.3) is 5.91 Å². The summed E-state index contributed by atoms with van der Waals surface area (Å²) in [4.78, 5) is 17.2. The van der Waals surface area contributed by atoms with Gasteiger partial charge in [-0.25, -0.2) is 0 Å². The lowest BCUT2D eigenvalue weighted by Crippen LogP contribution is -2.35. The highest BCUT2D eigenvalue weighted by Crippen LogP contribution is 2.63. The van der Waals surface area contributed by atoms with Crippen LogP contribution < -0.4 is 10.6 Å². The monoisotopic (exact) mass is 409 g/mol. The predicted octanol–water partition coefficient (Wildman–Crippen LogP) is 5.31. The Morgan fingerprint density at radius 2 is 1.84 bits per heavy atom. The van der Waals surface area contributed by atoms with E-state index in [2.05, 4.69) is 58.1 Å². The number of anilines is 1. The number of carbonyl (C=O) groups is 1. The van der Waals surface area contributed by atoms with Crippen LogP contribution in [-0.4, -0.2) is 10.9 Å². The van der Waals surface area contributed by atoms with Gasteiger partial charge in [0.2, 0.25) is 0 Å². The summed E-state index contributed by atoms with van der Waals surface area (Å²) in [5, 5.41) is 6.88. The third-order valence-electron chi connectivity index (χ3n) is 7.66. The quantitative estimate of drug-likeness (QED) is 0.614. The molecule has 1 aliphatic heterocycles. The van der Waals surface area contributed by atoms with E-state index in [1.165, 1.54) is 36.1 Å². The summed E-state index contributed by atoms with van der Waals surface area (Å²) in [6.45, 7) is 0.446. The SMILES string of the molecule is O=C(NCc1ccccn1)c1ccc2c(c1)[C@@H]1[C@@H]3CC[C@H](C3)[C@@H]1[C@H](c1ccccc1)N2. The minimum absolute atomic E-state index is 0.0293. The van der Waals surface area contributed by atoms with E-state index < -0.39 is 0 Å². The summed E-state index contributed by atoms with van der Waals surface area (Å²) in [5.74, 6) is 2.65. The summed E-state index contributed by atoms with van der Waals surface area (Å²) < 4.78 is 0. The number of amides is 1. The van der Waals surface area contributed by atoms with E-state index in [0.29, 0.717) is 24.4 Å². The fraction of sp³-hybridized carbons (Fsp3) is 0.333. The summed E-state index contributed by atoms with van der Waals surface area (Å²) >= 11 is 0. The fourth-order valence-corrected chi connectivity index (χ4v) is 6.39. The molecule has 2 heterocycles. The van der Waals surface area contributed by atoms with Crippen molar-refractivity contribution in [2.45, 2.75) is 37.8 Å². The second-order valence-corrected chi connectivity index (χ2v) is 9.27. The first-order chi connectivity index (χ1) is 15.3. The number of aromatic nitrogens is 1. The van der Waals surface area contributed by atoms with Gasteiger partial charge < -0.3 is 10.6 Å². The highest BCUT2D eigenvalue weighted by molar-refractivity contribution is 5.95. The summed E-state index contributed by atoms with van der Waals surface area (Å²) in [6, 6.07) is 23.2. The van der Waals surface area contributed by atoms with E-state index in [1.54, 1.807) is 6.20 Å². The van der Waals surface area contributed by atoms with Gasteiger partial charge in [0, 0.05) is 17.4 Å². The van der Waals surface area contributed by atoms with Gasteiger partial charge in [-0.15, -0.1) is 0 Å². The van der Waals surface area contributed by atoms with Gasteiger partial charge in [0.15, 0.2) is 0 Å². The van der Waals surface area contributed by atoms with Gasteiger partial charge in [0.05, 0.1) is 18.3 Å². The molecule has 2 fully saturated rings. The second-order valence-electron chi connectivity index (χ2n) is 9.27. The Labute approximate surface area is 183 Å². The van der Waals surface area contributed by atoms with Crippen molar-refractivity contribution >= 4 is 11.6 Å². The predicted molar refractivity (Wildman–Crippen MR) is 122 cm³/mol. The van der Waals surface area contributed by atoms with Crippen LogP contribution in [0, 0.1) is 17.8 Å². The van der Waals surface area contributed by atoms with Crippen LogP contribution in [0.3, 0.4) is 0 Å². The van der Waals surface area contributed by atoms with Crippen molar-refractivity contribution in [3.8, 4) is 0 Å². The van der Waals surface area contributed by atoms with Crippen molar-refractivity contribution in [1.82, 2.24) is 10.3 Å². The molecule has 3 aliphatic rings. The number of benzene rings is 2. The number of pyridine rings is 1. The van der Waals surface area contributed by atoms with Crippen molar-refractivity contribution in [3.63, 3.8) is 0 Å². The highest BCUT2D eigenvalue weighted by Gasteiger charge is 2.53. The average molecular weight is 410 g/mol. The number of nitrogens with zero attached hydrogens (tertiary/aromatic N) is 1. The molecule has 2 saturated carbocycles. The van der Waals surface area contributed by atoms with Gasteiger partial charge in [0.1, 0.15) is 0 Å². The Kier molecular flexibility index (Phi) is 4.52. The molecule has 0 unspecified atom stereocenters. The molecule has 2 aromatic carbocycles. The number of carbonyl (C=O) groups excluding carboxylic acids is 1. The molecular formula is C27H27N3O. The van der Waals surface area contributed by atoms with Crippen LogP contribution in [0.25, 0.3) is 0 Å². The van der Waals surface area contributed by atoms with Crippen LogP contribution in [0.15, 0.2) is 72.9 Å². The average Bonchev–Trinajstić information content (AvgIpc) is 3.46. The van der Waals surface area contributed by atoms with Crippen LogP contribution in [0.5, 0.6) is 0 Å². The maximum Gasteiger partial charge on any atom is 0.251 e. The van der Waals surface area contributed by atoms with Crippen LogP contribution in [0.2, 0.25) is 0 Å². The number of hydrogen-bond acceptors (Lipinski definition) is 3. The molecule has 2 N–H and O–H groups in total. The molecule has 3 aromatic rings. The van der Waals surface area contributed by atoms with E-state index in [-0.39, 0.29) is 5.91 Å². The molecule has 2 aliphatic carbocycles. The molecule has 0 spiro atoms. The highest BCUT2D eigenvalue weighted by atomic mass is 16.1. The Bertz CT molecular complexity index is 1100. The lowest BCUT2D eigenvalue weighted by atomic mass is 9.68. The third-order valence-corrected chi connectivity index (χ3v) is 7.66. The molecule has 1 amide bonds. The third kappa shape index (κ3) is 3.21. The second kappa shape index (κ2) is 7.52. The smallest absolute Gasteiger partial charge is 0.251 e. The van der Waals surface area contributed by atoms with Crippen molar-refractivity contribution < 1.29 is 4.79 Å². The van der Waals surface area contributed by atoms with Gasteiger partial charge in [-0.1, -0.05) is 36.4 Å². The summed E-state index contributed by atoms with van der Waals surface area (Å²) in [5.41, 5.74) is 5.54. The zero-order valence-electron chi connectivity index (χ0n) is 17.5. The molecule has 1 aromatic heterocycles. The first-order valence-corrected chi connectivity index (χ1v) is 11.4. The fourth-order valence-electron chi connectivity index (χ4n) is 6.39. The Morgan fingerprint density at radius 3 is 2.68 bits per heavy atom. The number of hydrogen-bond donors (Lipinski definition) is 2. The van der Waals surface area contributed by atoms with Crippen molar-refractivity contribution in [3.05, 3.63) is 95.3 Å². The van der Waals surface area contributed by atoms with Gasteiger partial charge >= 0.3 is 0 Å². The van der Waals surface area contributed by atoms with E-state index in [4.69, 9.17) is 0 Å². The van der Waals surface area contributed by atoms with Crippen LogP contribution >= 0.6 is 0 Å². The van der Waals surface area contributed by atoms with Crippen molar-refractivity contribution in [2.24, 2.45) is 17.8 Å². The minimum Gasteiger partial charge on any atom is -0.378 e. The number of fused-ring (bicyclic) bond motifs is 7. The van der Waals surface area contributed by atoms with Gasteiger partial charge in [-0.2, -0.15) is 0 Å². The Morgan fingerprint density at radius 1 is 1.00 bits per heavy atom. The zero-order valence-corrected chi connectivity index (χ0v) is 17.5. The van der Waals surface area contributed by atoms with E-state index in [0.717, 1.165) is 23.1 Å². The molecule has 5 atom stereocenters. The Balaban J connectivity index is 1.30. The first-order valence-electron chi connectivity index (χ1n) is 11.4. The standard InChI is InChI=1S/C27H27N3O/c31-27(29-16-21-8-4-5-13-28-21)20-11-12-23-22(15-20)24-18-9-10-19(14-18)25(24)26(30-23)17-6-2-1-3-7-17/h1-8,11-13,15,18-19,24-26,30H,9-10,14,16H2,(H,29,31)/t18-,19-,24+,25+,26+/m1/s1. The van der Waals surface area contributed by atoms with E-state index >= 15 is 0 Å². The minimum atomic E-state index is -0.0293. The molecular weight excluding hydrogens is 382 g/mol. The molecule has 4 heteroatoms. The van der Waals surface area contributed by atoms with Crippen molar-refractivity contribution in [1.29, 1.82) is 0 Å². The lowest BCUT2D eigenvalue weighted by molar-refractivity contribution is 0.0950. The molecule has 4 nitrogen and oxygen atoms in total. The van der Waals surface area contributed by atoms with Crippen LogP contribution in [0.4, 0.5) is 5.69 Å². The summed E-state index contributed by atoms with van der Waals surface area (Å²) in [7, 11) is 0. The molecule has 31 heavy (non-hydrogen) atoms. The molecule has 2 bridgehead atoms. The van der Waals surface area contributed by atoms with Crippen LogP contribution in [0.1, 0.15) is 58.4 Å².